The first-order valence-corrected chi connectivity index (χ1v) is 5.77. The first-order valence-electron chi connectivity index (χ1n) is 5.77. The van der Waals surface area contributed by atoms with E-state index in [9.17, 15) is 0 Å². The Morgan fingerprint density at radius 3 is 2.71 bits per heavy atom. The number of benzene rings is 1. The van der Waals surface area contributed by atoms with Crippen LogP contribution in [0.25, 0.3) is 0 Å². The van der Waals surface area contributed by atoms with Gasteiger partial charge in [0, 0.05) is 12.5 Å². The molecule has 2 rings (SSSR count). The van der Waals surface area contributed by atoms with Gasteiger partial charge in [0.05, 0.1) is 20.3 Å². The summed E-state index contributed by atoms with van der Waals surface area (Å²) in [4.78, 5) is 0. The maximum atomic E-state index is 9.13. The van der Waals surface area contributed by atoms with Crippen LogP contribution in [0, 0.1) is 0 Å². The molecule has 0 aromatic heterocycles. The summed E-state index contributed by atoms with van der Waals surface area (Å²) in [5.74, 6) is 1.54. The van der Waals surface area contributed by atoms with Gasteiger partial charge in [0.15, 0.2) is 11.5 Å². The highest BCUT2D eigenvalue weighted by atomic mass is 16.6. The second-order valence-electron chi connectivity index (χ2n) is 4.27. The van der Waals surface area contributed by atoms with Crippen LogP contribution in [0.4, 0.5) is 0 Å². The van der Waals surface area contributed by atoms with Crippen LogP contribution in [-0.2, 0) is 4.74 Å². The molecule has 4 nitrogen and oxygen atoms in total. The fraction of sp³-hybridized carbons (Fsp3) is 0.538. The molecule has 1 aliphatic rings. The van der Waals surface area contributed by atoms with Crippen LogP contribution in [0.15, 0.2) is 18.2 Å². The van der Waals surface area contributed by atoms with E-state index in [2.05, 4.69) is 0 Å². The van der Waals surface area contributed by atoms with Crippen molar-refractivity contribution >= 4 is 0 Å². The van der Waals surface area contributed by atoms with Gasteiger partial charge in [-0.3, -0.25) is 0 Å². The third-order valence-corrected chi connectivity index (χ3v) is 2.93. The molecular weight excluding hydrogens is 220 g/mol. The molecule has 1 heterocycles. The van der Waals surface area contributed by atoms with E-state index < -0.39 is 0 Å². The standard InChI is InChI=1S/C13H18O4/c1-9(6-14)10-3-4-12(13(5-10)15-2)17-11-7-16-8-11/h3-5,9,11,14H,6-8H2,1-2H3. The SMILES string of the molecule is COc1cc(C(C)CO)ccc1OC1COC1. The summed E-state index contributed by atoms with van der Waals surface area (Å²) in [6.07, 6.45) is 0.130. The molecule has 0 spiro atoms. The number of rotatable bonds is 5. The Hall–Kier alpha value is -1.26. The Kier molecular flexibility index (Phi) is 3.86. The van der Waals surface area contributed by atoms with Gasteiger partial charge in [0.1, 0.15) is 6.10 Å². The fourth-order valence-corrected chi connectivity index (χ4v) is 1.66. The van der Waals surface area contributed by atoms with Gasteiger partial charge in [-0.05, 0) is 17.7 Å². The van der Waals surface area contributed by atoms with Crippen molar-refractivity contribution in [2.75, 3.05) is 26.9 Å². The third-order valence-electron chi connectivity index (χ3n) is 2.93. The second-order valence-corrected chi connectivity index (χ2v) is 4.27. The lowest BCUT2D eigenvalue weighted by atomic mass is 10.0. The van der Waals surface area contributed by atoms with Gasteiger partial charge < -0.3 is 19.3 Å². The Bertz CT molecular complexity index is 374. The summed E-state index contributed by atoms with van der Waals surface area (Å²) in [6, 6.07) is 5.76. The number of methoxy groups -OCH3 is 1. The average Bonchev–Trinajstić information content (AvgIpc) is 2.32. The van der Waals surface area contributed by atoms with E-state index >= 15 is 0 Å². The minimum Gasteiger partial charge on any atom is -0.493 e. The zero-order valence-electron chi connectivity index (χ0n) is 10.2. The summed E-state index contributed by atoms with van der Waals surface area (Å²) >= 11 is 0. The van der Waals surface area contributed by atoms with E-state index in [4.69, 9.17) is 19.3 Å². The van der Waals surface area contributed by atoms with Crippen LogP contribution in [0.5, 0.6) is 11.5 Å². The average molecular weight is 238 g/mol. The van der Waals surface area contributed by atoms with Crippen LogP contribution in [0.2, 0.25) is 0 Å². The zero-order valence-corrected chi connectivity index (χ0v) is 10.2. The largest absolute Gasteiger partial charge is 0.493 e. The monoisotopic (exact) mass is 238 g/mol. The number of hydrogen-bond donors (Lipinski definition) is 1. The number of ether oxygens (including phenoxy) is 3. The number of aliphatic hydroxyl groups excluding tert-OH is 1. The summed E-state index contributed by atoms with van der Waals surface area (Å²) in [5.41, 5.74) is 1.04. The molecule has 0 bridgehead atoms. The molecule has 1 fully saturated rings. The molecule has 1 saturated heterocycles. The molecule has 1 aromatic rings. The van der Waals surface area contributed by atoms with E-state index in [-0.39, 0.29) is 18.6 Å². The van der Waals surface area contributed by atoms with E-state index in [1.807, 2.05) is 25.1 Å². The van der Waals surface area contributed by atoms with Crippen molar-refractivity contribution in [1.82, 2.24) is 0 Å². The molecule has 0 saturated carbocycles. The first-order chi connectivity index (χ1) is 8.24. The van der Waals surface area contributed by atoms with Gasteiger partial charge >= 0.3 is 0 Å². The van der Waals surface area contributed by atoms with Crippen molar-refractivity contribution in [3.63, 3.8) is 0 Å². The Morgan fingerprint density at radius 1 is 1.41 bits per heavy atom. The van der Waals surface area contributed by atoms with Crippen LogP contribution in [-0.4, -0.2) is 38.1 Å². The van der Waals surface area contributed by atoms with Gasteiger partial charge in [-0.2, -0.15) is 0 Å². The lowest BCUT2D eigenvalue weighted by Gasteiger charge is -2.27. The summed E-state index contributed by atoms with van der Waals surface area (Å²) in [5, 5.41) is 9.13. The summed E-state index contributed by atoms with van der Waals surface area (Å²) in [7, 11) is 1.62. The number of hydrogen-bond acceptors (Lipinski definition) is 4. The Labute approximate surface area is 101 Å². The van der Waals surface area contributed by atoms with Gasteiger partial charge in [0.2, 0.25) is 0 Å². The number of aliphatic hydroxyl groups is 1. The van der Waals surface area contributed by atoms with Crippen molar-refractivity contribution in [2.45, 2.75) is 18.9 Å². The maximum absolute atomic E-state index is 9.13. The van der Waals surface area contributed by atoms with Crippen molar-refractivity contribution < 1.29 is 19.3 Å². The van der Waals surface area contributed by atoms with E-state index in [0.29, 0.717) is 19.0 Å². The second kappa shape index (κ2) is 5.38. The fourth-order valence-electron chi connectivity index (χ4n) is 1.66. The molecule has 1 atom stereocenters. The van der Waals surface area contributed by atoms with Crippen molar-refractivity contribution in [3.05, 3.63) is 23.8 Å². The van der Waals surface area contributed by atoms with Crippen LogP contribution >= 0.6 is 0 Å². The summed E-state index contributed by atoms with van der Waals surface area (Å²) in [6.45, 7) is 3.37. The van der Waals surface area contributed by atoms with Crippen LogP contribution < -0.4 is 9.47 Å². The topological polar surface area (TPSA) is 47.9 Å². The predicted octanol–water partition coefficient (Wildman–Crippen LogP) is 1.57. The van der Waals surface area contributed by atoms with Gasteiger partial charge in [0.25, 0.3) is 0 Å². The lowest BCUT2D eigenvalue weighted by Crippen LogP contribution is -2.38. The minimum atomic E-state index is 0.102. The van der Waals surface area contributed by atoms with Gasteiger partial charge in [-0.25, -0.2) is 0 Å². The highest BCUT2D eigenvalue weighted by molar-refractivity contribution is 5.44. The third kappa shape index (κ3) is 2.70. The van der Waals surface area contributed by atoms with Gasteiger partial charge in [-0.1, -0.05) is 13.0 Å². The molecular formula is C13H18O4. The lowest BCUT2D eigenvalue weighted by molar-refractivity contribution is -0.0803. The molecule has 17 heavy (non-hydrogen) atoms. The molecule has 94 valence electrons. The maximum Gasteiger partial charge on any atom is 0.161 e. The van der Waals surface area contributed by atoms with E-state index in [1.165, 1.54) is 0 Å². The van der Waals surface area contributed by atoms with Crippen LogP contribution in [0.3, 0.4) is 0 Å². The highest BCUT2D eigenvalue weighted by Crippen LogP contribution is 2.32. The Balaban J connectivity index is 2.15. The summed E-state index contributed by atoms with van der Waals surface area (Å²) < 4.78 is 16.1. The van der Waals surface area contributed by atoms with Gasteiger partial charge in [-0.15, -0.1) is 0 Å². The first kappa shape index (κ1) is 12.2. The minimum absolute atomic E-state index is 0.102. The molecule has 4 heteroatoms. The van der Waals surface area contributed by atoms with E-state index in [0.717, 1.165) is 11.3 Å². The Morgan fingerprint density at radius 2 is 2.18 bits per heavy atom. The van der Waals surface area contributed by atoms with Crippen LogP contribution in [0.1, 0.15) is 18.4 Å². The zero-order chi connectivity index (χ0) is 12.3. The molecule has 1 N–H and O–H groups in total. The molecule has 1 aliphatic heterocycles. The normalized spacial score (nSPS) is 17.4. The van der Waals surface area contributed by atoms with Crippen molar-refractivity contribution in [2.24, 2.45) is 0 Å². The smallest absolute Gasteiger partial charge is 0.161 e. The van der Waals surface area contributed by atoms with Crippen molar-refractivity contribution in [3.8, 4) is 11.5 Å². The predicted molar refractivity (Wildman–Crippen MR) is 63.7 cm³/mol. The molecule has 0 amide bonds. The molecule has 1 unspecified atom stereocenters. The van der Waals surface area contributed by atoms with Crippen molar-refractivity contribution in [1.29, 1.82) is 0 Å². The highest BCUT2D eigenvalue weighted by Gasteiger charge is 2.22. The molecule has 0 radical (unpaired) electrons. The molecule has 0 aliphatic carbocycles. The van der Waals surface area contributed by atoms with E-state index in [1.54, 1.807) is 7.11 Å². The quantitative estimate of drug-likeness (QED) is 0.846. The molecule has 1 aromatic carbocycles.